The van der Waals surface area contributed by atoms with Crippen LogP contribution in [0.15, 0.2) is 84.9 Å². The van der Waals surface area contributed by atoms with Gasteiger partial charge in [0.2, 0.25) is 0 Å². The normalized spacial score (nSPS) is 11.7. The van der Waals surface area contributed by atoms with E-state index in [-0.39, 0.29) is 37.6 Å². The van der Waals surface area contributed by atoms with Gasteiger partial charge in [0.25, 0.3) is 11.8 Å². The van der Waals surface area contributed by atoms with E-state index >= 15 is 0 Å². The summed E-state index contributed by atoms with van der Waals surface area (Å²) in [6, 6.07) is 26.9. The highest BCUT2D eigenvalue weighted by atomic mass is 16.5. The van der Waals surface area contributed by atoms with Gasteiger partial charge >= 0.3 is 0 Å². The second kappa shape index (κ2) is 10.5. The quantitative estimate of drug-likeness (QED) is 0.410. The Kier molecular flexibility index (Phi) is 7.05. The summed E-state index contributed by atoms with van der Waals surface area (Å²) in [5.74, 6) is 0.817. The second-order valence-corrected chi connectivity index (χ2v) is 7.80. The molecule has 4 aromatic carbocycles. The van der Waals surface area contributed by atoms with Crippen molar-refractivity contribution in [2.45, 2.75) is 13.0 Å². The zero-order valence-electron chi connectivity index (χ0n) is 18.4. The van der Waals surface area contributed by atoms with Crippen molar-refractivity contribution in [1.82, 2.24) is 10.6 Å². The van der Waals surface area contributed by atoms with E-state index < -0.39 is 0 Å². The molecule has 0 saturated heterocycles. The molecule has 0 aromatic heterocycles. The Bertz CT molecular complexity index is 1260. The van der Waals surface area contributed by atoms with Gasteiger partial charge in [-0.25, -0.2) is 0 Å². The number of hydrogen-bond donors (Lipinski definition) is 2. The van der Waals surface area contributed by atoms with Crippen molar-refractivity contribution in [3.05, 3.63) is 84.9 Å². The molecule has 0 spiro atoms. The van der Waals surface area contributed by atoms with Crippen LogP contribution in [0.2, 0.25) is 0 Å². The zero-order chi connectivity index (χ0) is 23.0. The van der Waals surface area contributed by atoms with E-state index in [0.717, 1.165) is 21.5 Å². The van der Waals surface area contributed by atoms with Gasteiger partial charge in [0, 0.05) is 23.4 Å². The summed E-state index contributed by atoms with van der Waals surface area (Å²) >= 11 is 0. The van der Waals surface area contributed by atoms with Gasteiger partial charge in [-0.2, -0.15) is 0 Å². The average molecular weight is 443 g/mol. The van der Waals surface area contributed by atoms with Crippen LogP contribution in [-0.4, -0.2) is 37.6 Å². The van der Waals surface area contributed by atoms with E-state index in [2.05, 4.69) is 10.6 Å². The van der Waals surface area contributed by atoms with Crippen LogP contribution in [0.3, 0.4) is 0 Å². The molecule has 168 valence electrons. The number of nitrogens with one attached hydrogen (secondary N) is 2. The van der Waals surface area contributed by atoms with Crippen LogP contribution in [0, 0.1) is 0 Å². The molecule has 4 rings (SSSR count). The van der Waals surface area contributed by atoms with Crippen LogP contribution in [0.25, 0.3) is 21.5 Å². The average Bonchev–Trinajstić information content (AvgIpc) is 2.85. The molecule has 0 bridgehead atoms. The number of carbonyl (C=O) groups is 2. The van der Waals surface area contributed by atoms with Gasteiger partial charge in [-0.05, 0) is 29.8 Å². The van der Waals surface area contributed by atoms with Gasteiger partial charge in [-0.3, -0.25) is 9.59 Å². The van der Waals surface area contributed by atoms with E-state index in [0.29, 0.717) is 11.5 Å². The highest BCUT2D eigenvalue weighted by molar-refractivity contribution is 5.89. The number of rotatable bonds is 9. The minimum absolute atomic E-state index is 0.0983. The largest absolute Gasteiger partial charge is 0.483 e. The van der Waals surface area contributed by atoms with Crippen molar-refractivity contribution in [2.75, 3.05) is 19.8 Å². The van der Waals surface area contributed by atoms with Crippen LogP contribution < -0.4 is 20.1 Å². The van der Waals surface area contributed by atoms with Crippen LogP contribution in [-0.2, 0) is 9.59 Å². The third-order valence-corrected chi connectivity index (χ3v) is 5.23. The lowest BCUT2D eigenvalue weighted by atomic mass is 10.1. The smallest absolute Gasteiger partial charge is 0.258 e. The fourth-order valence-electron chi connectivity index (χ4n) is 3.62. The fraction of sp³-hybridized carbons (Fsp3) is 0.185. The van der Waals surface area contributed by atoms with E-state index in [1.54, 1.807) is 0 Å². The van der Waals surface area contributed by atoms with Crippen molar-refractivity contribution >= 4 is 33.4 Å². The fourth-order valence-corrected chi connectivity index (χ4v) is 3.62. The summed E-state index contributed by atoms with van der Waals surface area (Å²) in [6.07, 6.45) is 0. The molecule has 4 aromatic rings. The first-order valence-electron chi connectivity index (χ1n) is 10.9. The molecule has 2 amide bonds. The molecule has 33 heavy (non-hydrogen) atoms. The summed E-state index contributed by atoms with van der Waals surface area (Å²) < 4.78 is 11.4. The molecule has 0 aliphatic carbocycles. The highest BCUT2D eigenvalue weighted by Gasteiger charge is 2.11. The first-order valence-corrected chi connectivity index (χ1v) is 10.9. The molecule has 0 radical (unpaired) electrons. The van der Waals surface area contributed by atoms with Crippen LogP contribution in [0.5, 0.6) is 11.5 Å². The second-order valence-electron chi connectivity index (χ2n) is 7.80. The summed E-state index contributed by atoms with van der Waals surface area (Å²) in [6.45, 7) is 1.91. The van der Waals surface area contributed by atoms with Gasteiger partial charge < -0.3 is 20.1 Å². The lowest BCUT2D eigenvalue weighted by molar-refractivity contribution is -0.125. The number of benzene rings is 4. The minimum atomic E-state index is -0.255. The highest BCUT2D eigenvalue weighted by Crippen LogP contribution is 2.25. The maximum absolute atomic E-state index is 12.3. The topological polar surface area (TPSA) is 76.7 Å². The first kappa shape index (κ1) is 22.1. The van der Waals surface area contributed by atoms with Crippen LogP contribution in [0.4, 0.5) is 0 Å². The molecule has 0 aliphatic heterocycles. The van der Waals surface area contributed by atoms with Crippen molar-refractivity contribution < 1.29 is 19.1 Å². The van der Waals surface area contributed by atoms with Crippen LogP contribution in [0.1, 0.15) is 6.92 Å². The minimum Gasteiger partial charge on any atom is -0.483 e. The molecule has 1 unspecified atom stereocenters. The van der Waals surface area contributed by atoms with Crippen molar-refractivity contribution in [2.24, 2.45) is 0 Å². The molecule has 0 aliphatic rings. The summed E-state index contributed by atoms with van der Waals surface area (Å²) in [5.41, 5.74) is 0. The predicted octanol–water partition coefficient (Wildman–Crippen LogP) is 4.07. The third kappa shape index (κ3) is 5.80. The monoisotopic (exact) mass is 442 g/mol. The molecule has 0 heterocycles. The SMILES string of the molecule is CC(CNC(=O)COc1cccc2ccccc12)NC(=O)COc1cccc2ccccc12. The summed E-state index contributed by atoms with van der Waals surface area (Å²) in [4.78, 5) is 24.5. The molecule has 1 atom stereocenters. The summed E-state index contributed by atoms with van der Waals surface area (Å²) in [7, 11) is 0. The van der Waals surface area contributed by atoms with E-state index in [4.69, 9.17) is 9.47 Å². The lowest BCUT2D eigenvalue weighted by Crippen LogP contribution is -2.44. The molecule has 0 fully saturated rings. The van der Waals surface area contributed by atoms with Crippen LogP contribution >= 0.6 is 0 Å². The Hall–Kier alpha value is -4.06. The third-order valence-electron chi connectivity index (χ3n) is 5.23. The number of carbonyl (C=O) groups excluding carboxylic acids is 2. The number of ether oxygens (including phenoxy) is 2. The molecule has 6 heteroatoms. The molecule has 0 saturated carbocycles. The molecular formula is C27H26N2O4. The molecule has 6 nitrogen and oxygen atoms in total. The Balaban J connectivity index is 1.20. The van der Waals surface area contributed by atoms with Gasteiger partial charge in [0.05, 0.1) is 0 Å². The van der Waals surface area contributed by atoms with Crippen molar-refractivity contribution in [3.63, 3.8) is 0 Å². The summed E-state index contributed by atoms with van der Waals surface area (Å²) in [5, 5.41) is 9.64. The van der Waals surface area contributed by atoms with E-state index in [1.165, 1.54) is 0 Å². The van der Waals surface area contributed by atoms with Gasteiger partial charge in [0.1, 0.15) is 11.5 Å². The Morgan fingerprint density at radius 1 is 0.697 bits per heavy atom. The van der Waals surface area contributed by atoms with E-state index in [9.17, 15) is 9.59 Å². The Morgan fingerprint density at radius 2 is 1.18 bits per heavy atom. The van der Waals surface area contributed by atoms with E-state index in [1.807, 2.05) is 91.9 Å². The maximum atomic E-state index is 12.3. The molecular weight excluding hydrogens is 416 g/mol. The number of fused-ring (bicyclic) bond motifs is 2. The Labute approximate surface area is 192 Å². The predicted molar refractivity (Wildman–Crippen MR) is 130 cm³/mol. The van der Waals surface area contributed by atoms with Gasteiger partial charge in [-0.1, -0.05) is 72.8 Å². The van der Waals surface area contributed by atoms with Gasteiger partial charge in [-0.15, -0.1) is 0 Å². The first-order chi connectivity index (χ1) is 16.1. The Morgan fingerprint density at radius 3 is 1.76 bits per heavy atom. The standard InChI is InChI=1S/C27H26N2O4/c1-19(29-27(31)18-33-25-15-7-11-21-9-3-5-13-23(21)25)16-28-26(30)17-32-24-14-6-10-20-8-2-4-12-22(20)24/h2-15,19H,16-18H2,1H3,(H,28,30)(H,29,31). The van der Waals surface area contributed by atoms with Crippen molar-refractivity contribution in [1.29, 1.82) is 0 Å². The maximum Gasteiger partial charge on any atom is 0.258 e. The lowest BCUT2D eigenvalue weighted by Gasteiger charge is -2.16. The number of amides is 2. The number of hydrogen-bond acceptors (Lipinski definition) is 4. The van der Waals surface area contributed by atoms with Crippen molar-refractivity contribution in [3.8, 4) is 11.5 Å². The zero-order valence-corrected chi connectivity index (χ0v) is 18.4. The van der Waals surface area contributed by atoms with Gasteiger partial charge in [0.15, 0.2) is 13.2 Å². The molecule has 2 N–H and O–H groups in total.